The summed E-state index contributed by atoms with van der Waals surface area (Å²) >= 11 is 0. The fourth-order valence-corrected chi connectivity index (χ4v) is 1.75. The normalized spacial score (nSPS) is 10.0. The first-order valence-corrected chi connectivity index (χ1v) is 5.51. The van der Waals surface area contributed by atoms with Crippen LogP contribution in [0.1, 0.15) is 11.3 Å². The molecule has 0 aliphatic heterocycles. The number of carbonyl (C=O) groups excluding carboxylic acids is 1. The van der Waals surface area contributed by atoms with Crippen LogP contribution in [0.5, 0.6) is 0 Å². The van der Waals surface area contributed by atoms with Gasteiger partial charge in [0.25, 0.3) is 0 Å². The maximum absolute atomic E-state index is 13.4. The van der Waals surface area contributed by atoms with Gasteiger partial charge < -0.3 is 4.57 Å². The maximum atomic E-state index is 13.4. The lowest BCUT2D eigenvalue weighted by molar-refractivity contribution is -0.119. The molecule has 2 aromatic rings. The van der Waals surface area contributed by atoms with Crippen molar-refractivity contribution in [3.63, 3.8) is 0 Å². The second kappa shape index (κ2) is 5.28. The molecule has 1 aromatic carbocycles. The number of hydrogen-bond donors (Lipinski definition) is 0. The van der Waals surface area contributed by atoms with Crippen molar-refractivity contribution in [1.82, 2.24) is 4.57 Å². The van der Waals surface area contributed by atoms with Crippen LogP contribution in [0.15, 0.2) is 42.6 Å². The van der Waals surface area contributed by atoms with Gasteiger partial charge in [-0.25, -0.2) is 4.39 Å². The van der Waals surface area contributed by atoms with E-state index in [2.05, 4.69) is 0 Å². The monoisotopic (exact) mass is 242 g/mol. The van der Waals surface area contributed by atoms with E-state index < -0.39 is 0 Å². The van der Waals surface area contributed by atoms with E-state index in [0.29, 0.717) is 11.3 Å². The fourth-order valence-electron chi connectivity index (χ4n) is 1.75. The molecule has 0 aliphatic carbocycles. The third-order valence-corrected chi connectivity index (χ3v) is 2.64. The number of ketones is 1. The van der Waals surface area contributed by atoms with Crippen molar-refractivity contribution >= 4 is 5.78 Å². The Balaban J connectivity index is 2.06. The zero-order chi connectivity index (χ0) is 13.0. The van der Waals surface area contributed by atoms with E-state index in [1.807, 2.05) is 6.07 Å². The number of Topliss-reactive ketones (excluding diaryl/α,β-unsaturated/α-hetero) is 1. The molecule has 4 heteroatoms. The number of hydrogen-bond acceptors (Lipinski definition) is 2. The molecule has 0 saturated carbocycles. The van der Waals surface area contributed by atoms with Crippen molar-refractivity contribution < 1.29 is 9.18 Å². The predicted octanol–water partition coefficient (Wildman–Crippen LogP) is 2.31. The Labute approximate surface area is 104 Å². The minimum Gasteiger partial charge on any atom is -0.332 e. The van der Waals surface area contributed by atoms with Crippen LogP contribution < -0.4 is 0 Å². The molecule has 0 fully saturated rings. The van der Waals surface area contributed by atoms with Gasteiger partial charge in [-0.1, -0.05) is 18.2 Å². The molecular weight excluding hydrogens is 231 g/mol. The Morgan fingerprint density at radius 3 is 2.78 bits per heavy atom. The lowest BCUT2D eigenvalue weighted by Crippen LogP contribution is -2.13. The zero-order valence-electron chi connectivity index (χ0n) is 9.64. The first-order valence-electron chi connectivity index (χ1n) is 5.51. The van der Waals surface area contributed by atoms with Crippen molar-refractivity contribution in [1.29, 1.82) is 5.26 Å². The van der Waals surface area contributed by atoms with Gasteiger partial charge >= 0.3 is 0 Å². The Hall–Kier alpha value is -2.41. The Bertz CT molecular complexity index is 604. The number of aromatic nitrogens is 1. The molecule has 0 saturated heterocycles. The molecule has 0 aliphatic rings. The Morgan fingerprint density at radius 1 is 1.28 bits per heavy atom. The van der Waals surface area contributed by atoms with Crippen LogP contribution in [0.3, 0.4) is 0 Å². The molecule has 1 aromatic heterocycles. The number of nitrogens with zero attached hydrogens (tertiary/aromatic N) is 2. The first-order chi connectivity index (χ1) is 8.70. The van der Waals surface area contributed by atoms with Gasteiger partial charge in [-0.05, 0) is 23.8 Å². The first kappa shape index (κ1) is 12.1. The topological polar surface area (TPSA) is 45.8 Å². The highest BCUT2D eigenvalue weighted by Crippen LogP contribution is 2.09. The smallest absolute Gasteiger partial charge is 0.156 e. The molecule has 3 nitrogen and oxygen atoms in total. The quantitative estimate of drug-likeness (QED) is 0.825. The third-order valence-electron chi connectivity index (χ3n) is 2.64. The van der Waals surface area contributed by atoms with Crippen LogP contribution in [0, 0.1) is 17.1 Å². The highest BCUT2D eigenvalue weighted by molar-refractivity contribution is 5.80. The van der Waals surface area contributed by atoms with Crippen molar-refractivity contribution in [2.24, 2.45) is 0 Å². The molecule has 0 radical (unpaired) electrons. The number of carbonyl (C=O) groups is 1. The summed E-state index contributed by atoms with van der Waals surface area (Å²) in [5.74, 6) is -0.508. The second-order valence-electron chi connectivity index (χ2n) is 3.94. The van der Waals surface area contributed by atoms with E-state index in [4.69, 9.17) is 5.26 Å². The third kappa shape index (κ3) is 2.64. The molecule has 0 N–H and O–H groups in total. The molecule has 0 unspecified atom stereocenters. The van der Waals surface area contributed by atoms with Crippen molar-refractivity contribution in [2.45, 2.75) is 13.0 Å². The number of nitriles is 1. The van der Waals surface area contributed by atoms with Crippen LogP contribution >= 0.6 is 0 Å². The standard InChI is InChI=1S/C14H11FN2O/c15-14-6-2-1-4-11(14)8-13(18)10-17-7-3-5-12(17)9-16/h1-7H,8,10H2. The summed E-state index contributed by atoms with van der Waals surface area (Å²) in [5.41, 5.74) is 0.810. The minimum atomic E-state index is -0.376. The SMILES string of the molecule is N#Cc1cccn1CC(=O)Cc1ccccc1F. The summed E-state index contributed by atoms with van der Waals surface area (Å²) in [4.78, 5) is 11.8. The summed E-state index contributed by atoms with van der Waals surface area (Å²) in [5, 5.41) is 8.81. The summed E-state index contributed by atoms with van der Waals surface area (Å²) in [6.45, 7) is 0.0875. The summed E-state index contributed by atoms with van der Waals surface area (Å²) in [6, 6.07) is 11.5. The minimum absolute atomic E-state index is 0.0374. The van der Waals surface area contributed by atoms with E-state index in [0.717, 1.165) is 0 Å². The van der Waals surface area contributed by atoms with Gasteiger partial charge in [-0.15, -0.1) is 0 Å². The molecule has 0 amide bonds. The Kier molecular flexibility index (Phi) is 3.54. The van der Waals surface area contributed by atoms with Gasteiger partial charge in [0.05, 0.1) is 6.54 Å². The van der Waals surface area contributed by atoms with Gasteiger partial charge in [0, 0.05) is 12.6 Å². The Morgan fingerprint density at radius 2 is 2.06 bits per heavy atom. The van der Waals surface area contributed by atoms with E-state index >= 15 is 0 Å². The van der Waals surface area contributed by atoms with Gasteiger partial charge in [0.1, 0.15) is 17.6 Å². The average Bonchev–Trinajstić information content (AvgIpc) is 2.79. The van der Waals surface area contributed by atoms with Gasteiger partial charge in [-0.2, -0.15) is 5.26 Å². The van der Waals surface area contributed by atoms with Crippen LogP contribution in [-0.2, 0) is 17.8 Å². The van der Waals surface area contributed by atoms with E-state index in [1.165, 1.54) is 6.07 Å². The van der Waals surface area contributed by atoms with Crippen molar-refractivity contribution in [3.8, 4) is 6.07 Å². The largest absolute Gasteiger partial charge is 0.332 e. The van der Waals surface area contributed by atoms with E-state index in [-0.39, 0.29) is 24.6 Å². The highest BCUT2D eigenvalue weighted by atomic mass is 19.1. The maximum Gasteiger partial charge on any atom is 0.156 e. The van der Waals surface area contributed by atoms with Crippen molar-refractivity contribution in [2.75, 3.05) is 0 Å². The van der Waals surface area contributed by atoms with E-state index in [1.54, 1.807) is 41.1 Å². The molecule has 2 rings (SSSR count). The van der Waals surface area contributed by atoms with Crippen LogP contribution in [0.4, 0.5) is 4.39 Å². The van der Waals surface area contributed by atoms with Gasteiger partial charge in [-0.3, -0.25) is 4.79 Å². The van der Waals surface area contributed by atoms with Crippen LogP contribution in [0.2, 0.25) is 0 Å². The molecule has 1 heterocycles. The average molecular weight is 242 g/mol. The number of benzene rings is 1. The molecule has 90 valence electrons. The van der Waals surface area contributed by atoms with Crippen LogP contribution in [-0.4, -0.2) is 10.4 Å². The summed E-state index contributed by atoms with van der Waals surface area (Å²) < 4.78 is 14.9. The highest BCUT2D eigenvalue weighted by Gasteiger charge is 2.09. The number of halogens is 1. The molecule has 18 heavy (non-hydrogen) atoms. The summed E-state index contributed by atoms with van der Waals surface area (Å²) in [7, 11) is 0. The van der Waals surface area contributed by atoms with Crippen LogP contribution in [0.25, 0.3) is 0 Å². The molecule has 0 atom stereocenters. The molecule has 0 spiro atoms. The number of rotatable bonds is 4. The van der Waals surface area contributed by atoms with Gasteiger partial charge in [0.2, 0.25) is 0 Å². The second-order valence-corrected chi connectivity index (χ2v) is 3.94. The van der Waals surface area contributed by atoms with Crippen molar-refractivity contribution in [3.05, 3.63) is 59.7 Å². The molecule has 0 bridgehead atoms. The van der Waals surface area contributed by atoms with Gasteiger partial charge in [0.15, 0.2) is 5.78 Å². The zero-order valence-corrected chi connectivity index (χ0v) is 9.64. The fraction of sp³-hybridized carbons (Fsp3) is 0.143. The van der Waals surface area contributed by atoms with E-state index in [9.17, 15) is 9.18 Å². The summed E-state index contributed by atoms with van der Waals surface area (Å²) in [6.07, 6.45) is 1.70. The predicted molar refractivity (Wildman–Crippen MR) is 64.3 cm³/mol. The lowest BCUT2D eigenvalue weighted by atomic mass is 10.1. The molecular formula is C14H11FN2O. The lowest BCUT2D eigenvalue weighted by Gasteiger charge is -2.05.